The Morgan fingerprint density at radius 2 is 1.74 bits per heavy atom. The van der Waals surface area contributed by atoms with Gasteiger partial charge in [0.1, 0.15) is 5.75 Å². The Balaban J connectivity index is 2.10. The van der Waals surface area contributed by atoms with Gasteiger partial charge in [-0.25, -0.2) is 4.79 Å². The molecule has 1 amide bonds. The molecule has 0 aromatic heterocycles. The number of amides is 1. The highest BCUT2D eigenvalue weighted by molar-refractivity contribution is 6.32. The summed E-state index contributed by atoms with van der Waals surface area (Å²) >= 11 is 6.00. The maximum Gasteiger partial charge on any atom is 0.339 e. The molecule has 2 aromatic carbocycles. The Morgan fingerprint density at radius 1 is 1.09 bits per heavy atom. The fraction of sp³-hybridized carbons (Fsp3) is 0.176. The van der Waals surface area contributed by atoms with Gasteiger partial charge in [0.2, 0.25) is 0 Å². The molecule has 1 N–H and O–H groups in total. The third-order valence-corrected chi connectivity index (χ3v) is 3.41. The summed E-state index contributed by atoms with van der Waals surface area (Å²) in [6.07, 6.45) is -0.791. The predicted molar refractivity (Wildman–Crippen MR) is 88.0 cm³/mol. The number of hydrogen-bond donors (Lipinski definition) is 1. The van der Waals surface area contributed by atoms with Crippen LogP contribution in [0.15, 0.2) is 48.5 Å². The molecule has 0 bridgehead atoms. The van der Waals surface area contributed by atoms with Crippen molar-refractivity contribution in [3.63, 3.8) is 0 Å². The number of ether oxygens (including phenoxy) is 2. The van der Waals surface area contributed by atoms with Gasteiger partial charge in [-0.1, -0.05) is 35.9 Å². The quantitative estimate of drug-likeness (QED) is 0.850. The van der Waals surface area contributed by atoms with Crippen molar-refractivity contribution in [2.75, 3.05) is 12.4 Å². The van der Waals surface area contributed by atoms with Crippen LogP contribution in [0.4, 0.5) is 5.69 Å². The second-order valence-corrected chi connectivity index (χ2v) is 5.12. The molecule has 0 aliphatic heterocycles. The minimum absolute atomic E-state index is 0.272. The highest BCUT2D eigenvalue weighted by atomic mass is 35.5. The molecule has 120 valence electrons. The van der Waals surface area contributed by atoms with E-state index in [1.54, 1.807) is 55.5 Å². The first-order valence-electron chi connectivity index (χ1n) is 6.92. The summed E-state index contributed by atoms with van der Waals surface area (Å²) in [5.41, 5.74) is 0.632. The lowest BCUT2D eigenvalue weighted by molar-refractivity contribution is -0.122. The zero-order valence-corrected chi connectivity index (χ0v) is 13.5. The van der Waals surface area contributed by atoms with Gasteiger partial charge in [-0.3, -0.25) is 4.79 Å². The van der Waals surface area contributed by atoms with Crippen LogP contribution in [0.3, 0.4) is 0 Å². The molecule has 0 radical (unpaired) electrons. The van der Waals surface area contributed by atoms with Crippen LogP contribution in [0.1, 0.15) is 17.3 Å². The number of nitrogens with one attached hydrogen (secondary N) is 1. The van der Waals surface area contributed by atoms with Gasteiger partial charge in [-0.05, 0) is 31.2 Å². The molecule has 0 saturated heterocycles. The largest absolute Gasteiger partial charge is 0.479 e. The van der Waals surface area contributed by atoms with E-state index in [-0.39, 0.29) is 5.56 Å². The number of methoxy groups -OCH3 is 1. The number of para-hydroxylation sites is 2. The number of rotatable bonds is 5. The van der Waals surface area contributed by atoms with Crippen LogP contribution in [0, 0.1) is 0 Å². The Kier molecular flexibility index (Phi) is 5.60. The lowest BCUT2D eigenvalue weighted by atomic mass is 10.1. The molecule has 1 atom stereocenters. The van der Waals surface area contributed by atoms with Crippen molar-refractivity contribution in [2.24, 2.45) is 0 Å². The van der Waals surface area contributed by atoms with Crippen LogP contribution in [-0.4, -0.2) is 25.1 Å². The third-order valence-electron chi connectivity index (χ3n) is 3.10. The summed E-state index contributed by atoms with van der Waals surface area (Å²) in [7, 11) is 1.28. The van der Waals surface area contributed by atoms with Crippen molar-refractivity contribution >= 4 is 29.2 Å². The number of esters is 1. The van der Waals surface area contributed by atoms with Crippen molar-refractivity contribution in [3.8, 4) is 5.75 Å². The molecule has 5 nitrogen and oxygen atoms in total. The molecule has 6 heteroatoms. The molecule has 2 aromatic rings. The van der Waals surface area contributed by atoms with Gasteiger partial charge in [0.25, 0.3) is 5.91 Å². The van der Waals surface area contributed by atoms with Gasteiger partial charge < -0.3 is 14.8 Å². The van der Waals surface area contributed by atoms with E-state index in [1.165, 1.54) is 7.11 Å². The van der Waals surface area contributed by atoms with Crippen molar-refractivity contribution in [3.05, 3.63) is 59.1 Å². The number of hydrogen-bond acceptors (Lipinski definition) is 4. The SMILES string of the molecule is COC(=O)c1ccccc1NC(=O)C(C)Oc1ccccc1Cl. The van der Waals surface area contributed by atoms with E-state index in [1.807, 2.05) is 0 Å². The van der Waals surface area contributed by atoms with Gasteiger partial charge in [0.05, 0.1) is 23.4 Å². The summed E-state index contributed by atoms with van der Waals surface area (Å²) in [5.74, 6) is -0.514. The summed E-state index contributed by atoms with van der Waals surface area (Å²) in [5, 5.41) is 3.08. The monoisotopic (exact) mass is 333 g/mol. The lowest BCUT2D eigenvalue weighted by Gasteiger charge is -2.16. The summed E-state index contributed by atoms with van der Waals surface area (Å²) in [4.78, 5) is 24.0. The fourth-order valence-corrected chi connectivity index (χ4v) is 2.08. The molecular weight excluding hydrogens is 318 g/mol. The normalized spacial score (nSPS) is 11.4. The van der Waals surface area contributed by atoms with Crippen LogP contribution in [-0.2, 0) is 9.53 Å². The molecule has 0 saturated carbocycles. The Hall–Kier alpha value is -2.53. The van der Waals surface area contributed by atoms with Crippen LogP contribution >= 0.6 is 11.6 Å². The predicted octanol–water partition coefficient (Wildman–Crippen LogP) is 3.53. The highest BCUT2D eigenvalue weighted by Crippen LogP contribution is 2.24. The van der Waals surface area contributed by atoms with E-state index in [4.69, 9.17) is 21.1 Å². The van der Waals surface area contributed by atoms with Gasteiger partial charge in [-0.15, -0.1) is 0 Å². The van der Waals surface area contributed by atoms with E-state index in [0.717, 1.165) is 0 Å². The van der Waals surface area contributed by atoms with Gasteiger partial charge in [0.15, 0.2) is 6.10 Å². The van der Waals surface area contributed by atoms with Gasteiger partial charge >= 0.3 is 5.97 Å². The first-order valence-corrected chi connectivity index (χ1v) is 7.30. The van der Waals surface area contributed by atoms with Gasteiger partial charge in [0, 0.05) is 0 Å². The molecule has 1 unspecified atom stereocenters. The topological polar surface area (TPSA) is 64.6 Å². The lowest BCUT2D eigenvalue weighted by Crippen LogP contribution is -2.30. The molecule has 0 fully saturated rings. The number of benzene rings is 2. The molecule has 0 heterocycles. The van der Waals surface area contributed by atoms with E-state index in [0.29, 0.717) is 16.5 Å². The average molecular weight is 334 g/mol. The second-order valence-electron chi connectivity index (χ2n) is 4.72. The minimum atomic E-state index is -0.791. The Bertz CT molecular complexity index is 717. The standard InChI is InChI=1S/C17H16ClNO4/c1-11(23-15-10-6-4-8-13(15)18)16(20)19-14-9-5-3-7-12(14)17(21)22-2/h3-11H,1-2H3,(H,19,20). The van der Waals surface area contributed by atoms with Crippen molar-refractivity contribution < 1.29 is 19.1 Å². The van der Waals surface area contributed by atoms with E-state index in [2.05, 4.69) is 5.32 Å². The zero-order valence-electron chi connectivity index (χ0n) is 12.7. The molecular formula is C17H16ClNO4. The van der Waals surface area contributed by atoms with E-state index in [9.17, 15) is 9.59 Å². The van der Waals surface area contributed by atoms with Crippen molar-refractivity contribution in [1.82, 2.24) is 0 Å². The summed E-state index contributed by atoms with van der Waals surface area (Å²) in [6.45, 7) is 1.60. The molecule has 2 rings (SSSR count). The number of halogens is 1. The number of anilines is 1. The van der Waals surface area contributed by atoms with Gasteiger partial charge in [-0.2, -0.15) is 0 Å². The molecule has 0 spiro atoms. The number of carbonyl (C=O) groups is 2. The molecule has 0 aliphatic rings. The smallest absolute Gasteiger partial charge is 0.339 e. The van der Waals surface area contributed by atoms with E-state index < -0.39 is 18.0 Å². The first kappa shape index (κ1) is 16.8. The summed E-state index contributed by atoms with van der Waals surface area (Å²) < 4.78 is 10.2. The Morgan fingerprint density at radius 3 is 2.43 bits per heavy atom. The maximum absolute atomic E-state index is 12.3. The molecule has 23 heavy (non-hydrogen) atoms. The molecule has 0 aliphatic carbocycles. The van der Waals surface area contributed by atoms with Crippen LogP contribution < -0.4 is 10.1 Å². The van der Waals surface area contributed by atoms with Crippen molar-refractivity contribution in [1.29, 1.82) is 0 Å². The third kappa shape index (κ3) is 4.23. The highest BCUT2D eigenvalue weighted by Gasteiger charge is 2.19. The van der Waals surface area contributed by atoms with Crippen LogP contribution in [0.25, 0.3) is 0 Å². The average Bonchev–Trinajstić information content (AvgIpc) is 2.56. The summed E-state index contributed by atoms with van der Waals surface area (Å²) in [6, 6.07) is 13.5. The second kappa shape index (κ2) is 7.65. The van der Waals surface area contributed by atoms with E-state index >= 15 is 0 Å². The maximum atomic E-state index is 12.3. The fourth-order valence-electron chi connectivity index (χ4n) is 1.90. The van der Waals surface area contributed by atoms with Crippen LogP contribution in [0.5, 0.6) is 5.75 Å². The number of carbonyl (C=O) groups excluding carboxylic acids is 2. The van der Waals surface area contributed by atoms with Crippen LogP contribution in [0.2, 0.25) is 5.02 Å². The first-order chi connectivity index (χ1) is 11.0. The van der Waals surface area contributed by atoms with Crippen molar-refractivity contribution in [2.45, 2.75) is 13.0 Å². The Labute approximate surface area is 139 Å². The zero-order chi connectivity index (χ0) is 16.8. The minimum Gasteiger partial charge on any atom is -0.479 e.